The summed E-state index contributed by atoms with van der Waals surface area (Å²) in [7, 11) is 0. The molecule has 4 aliphatic rings. The number of likely N-dealkylation sites (tertiary alicyclic amines) is 1. The summed E-state index contributed by atoms with van der Waals surface area (Å²) in [5, 5.41) is 13.4. The molecule has 0 saturated carbocycles. The van der Waals surface area contributed by atoms with E-state index in [1.54, 1.807) is 17.1 Å². The fraction of sp³-hybridized carbons (Fsp3) is 0.622. The fourth-order valence-electron chi connectivity index (χ4n) is 7.96. The third kappa shape index (κ3) is 7.62. The molecule has 12 heteroatoms. The van der Waals surface area contributed by atoms with Crippen molar-refractivity contribution in [1.82, 2.24) is 20.0 Å². The van der Waals surface area contributed by atoms with Crippen LogP contribution in [0.3, 0.4) is 0 Å². The lowest BCUT2D eigenvalue weighted by Gasteiger charge is -2.40. The number of rotatable bonds is 17. The van der Waals surface area contributed by atoms with Crippen LogP contribution in [0.2, 0.25) is 0 Å². The van der Waals surface area contributed by atoms with Gasteiger partial charge in [-0.05, 0) is 30.7 Å². The monoisotopic (exact) mass is 680 g/mol. The molecule has 1 aromatic rings. The summed E-state index contributed by atoms with van der Waals surface area (Å²) in [4.78, 5) is 61.5. The van der Waals surface area contributed by atoms with Crippen molar-refractivity contribution in [3.63, 3.8) is 0 Å². The number of nitrogens with one attached hydrogen (secondary N) is 1. The van der Waals surface area contributed by atoms with Crippen molar-refractivity contribution >= 4 is 23.7 Å². The number of ether oxygens (including phenoxy) is 3. The number of hydrogen-bond donors (Lipinski definition) is 2. The van der Waals surface area contributed by atoms with E-state index in [2.05, 4.69) is 23.4 Å². The zero-order valence-corrected chi connectivity index (χ0v) is 28.8. The normalized spacial score (nSPS) is 27.4. The minimum absolute atomic E-state index is 0.0561. The van der Waals surface area contributed by atoms with Crippen LogP contribution in [-0.4, -0.2) is 126 Å². The molecule has 2 bridgehead atoms. The second-order valence-electron chi connectivity index (χ2n) is 13.8. The Morgan fingerprint density at radius 2 is 1.90 bits per heavy atom. The van der Waals surface area contributed by atoms with Gasteiger partial charge in [-0.25, -0.2) is 0 Å². The van der Waals surface area contributed by atoms with E-state index in [0.717, 1.165) is 13.1 Å². The van der Waals surface area contributed by atoms with E-state index in [4.69, 9.17) is 14.2 Å². The minimum atomic E-state index is -1.25. The third-order valence-electron chi connectivity index (χ3n) is 10.5. The number of carbonyl (C=O) groups is 4. The van der Waals surface area contributed by atoms with Crippen LogP contribution in [0.5, 0.6) is 0 Å². The van der Waals surface area contributed by atoms with E-state index in [-0.39, 0.29) is 49.8 Å². The van der Waals surface area contributed by atoms with Crippen molar-refractivity contribution in [3.8, 4) is 0 Å². The predicted octanol–water partition coefficient (Wildman–Crippen LogP) is 2.09. The molecule has 2 N–H and O–H groups in total. The molecule has 0 aromatic heterocycles. The number of amides is 3. The van der Waals surface area contributed by atoms with Crippen LogP contribution in [0.25, 0.3) is 0 Å². The Balaban J connectivity index is 1.43. The van der Waals surface area contributed by atoms with Crippen LogP contribution in [0.4, 0.5) is 0 Å². The summed E-state index contributed by atoms with van der Waals surface area (Å²) < 4.78 is 18.3. The first kappa shape index (κ1) is 36.7. The highest BCUT2D eigenvalue weighted by Gasteiger charge is 2.75. The Labute approximate surface area is 289 Å². The number of nitrogens with zero attached hydrogens (tertiary/aromatic N) is 3. The highest BCUT2D eigenvalue weighted by molar-refractivity contribution is 5.98. The number of hydrogen-bond acceptors (Lipinski definition) is 9. The molecule has 5 rings (SSSR count). The van der Waals surface area contributed by atoms with Crippen LogP contribution >= 0.6 is 0 Å². The molecular formula is C37H52N4O8. The van der Waals surface area contributed by atoms with Gasteiger partial charge in [-0.15, -0.1) is 13.2 Å². The number of carbonyl (C=O) groups excluding carboxylic acids is 4. The van der Waals surface area contributed by atoms with Crippen molar-refractivity contribution in [2.75, 3.05) is 59.1 Å². The van der Waals surface area contributed by atoms with E-state index in [9.17, 15) is 24.3 Å². The SMILES string of the molecule is C=CCCC(=O)NC[C@H](OC(=O)[C@@H]1[C@@H]2CC[C@]3(O2)[C@H](C(=O)N(CC=C)CCN2CCOCC2)N([C@@H](CO)C(C)C)C(=O)[C@@H]13)c1ccccc1. The molecule has 4 heterocycles. The van der Waals surface area contributed by atoms with Crippen molar-refractivity contribution in [2.45, 2.75) is 69.4 Å². The van der Waals surface area contributed by atoms with Gasteiger partial charge in [0, 0.05) is 39.1 Å². The zero-order valence-electron chi connectivity index (χ0n) is 28.8. The number of aliphatic hydroxyl groups is 1. The number of aliphatic hydroxyl groups excluding tert-OH is 1. The maximum atomic E-state index is 14.7. The van der Waals surface area contributed by atoms with E-state index >= 15 is 0 Å². The van der Waals surface area contributed by atoms with Crippen molar-refractivity contribution < 1.29 is 38.5 Å². The van der Waals surface area contributed by atoms with Gasteiger partial charge in [0.15, 0.2) is 0 Å². The van der Waals surface area contributed by atoms with Crippen molar-refractivity contribution in [1.29, 1.82) is 0 Å². The molecule has 4 fully saturated rings. The van der Waals surface area contributed by atoms with E-state index in [1.807, 2.05) is 44.2 Å². The predicted molar refractivity (Wildman–Crippen MR) is 182 cm³/mol. The fourth-order valence-corrected chi connectivity index (χ4v) is 7.96. The first-order valence-corrected chi connectivity index (χ1v) is 17.6. The van der Waals surface area contributed by atoms with Gasteiger partial charge in [-0.3, -0.25) is 24.1 Å². The number of esters is 1. The Hall–Kier alpha value is -3.58. The Kier molecular flexibility index (Phi) is 12.3. The summed E-state index contributed by atoms with van der Waals surface area (Å²) in [5.41, 5.74) is -0.545. The summed E-state index contributed by atoms with van der Waals surface area (Å²) in [5.74, 6) is -3.52. The second-order valence-corrected chi connectivity index (χ2v) is 13.8. The molecule has 0 radical (unpaired) electrons. The minimum Gasteiger partial charge on any atom is -0.455 e. The van der Waals surface area contributed by atoms with Crippen LogP contribution in [0.1, 0.15) is 51.2 Å². The topological polar surface area (TPSA) is 138 Å². The van der Waals surface area contributed by atoms with Crippen LogP contribution < -0.4 is 5.32 Å². The maximum absolute atomic E-state index is 14.7. The largest absolute Gasteiger partial charge is 0.455 e. The van der Waals surface area contributed by atoms with Crippen LogP contribution in [0, 0.1) is 17.8 Å². The molecular weight excluding hydrogens is 628 g/mol. The standard InChI is InChI=1S/C37H52N4O8/c1-5-7-13-30(43)38-23-29(26-11-9-8-10-12-26)48-36(46)31-28-14-15-37(49-28)32(31)34(44)41(27(24-42)25(3)4)33(37)35(45)40(16-6-2)18-17-39-19-21-47-22-20-39/h5-6,8-12,25,27-29,31-33,42H,1-2,7,13-24H2,3-4H3,(H,38,43)/t27-,28-,29-,31+,32+,33-,37+/m0/s1. The molecule has 4 aliphatic heterocycles. The summed E-state index contributed by atoms with van der Waals surface area (Å²) >= 11 is 0. The van der Waals surface area contributed by atoms with Crippen LogP contribution in [-0.2, 0) is 33.4 Å². The summed E-state index contributed by atoms with van der Waals surface area (Å²) in [6, 6.07) is 7.47. The molecule has 3 amide bonds. The number of fused-ring (bicyclic) bond motifs is 1. The Morgan fingerprint density at radius 3 is 2.55 bits per heavy atom. The number of allylic oxidation sites excluding steroid dienone is 1. The molecule has 4 saturated heterocycles. The lowest BCUT2D eigenvalue weighted by molar-refractivity contribution is -0.161. The van der Waals surface area contributed by atoms with Crippen molar-refractivity contribution in [3.05, 3.63) is 61.2 Å². The lowest BCUT2D eigenvalue weighted by Crippen LogP contribution is -2.60. The average Bonchev–Trinajstić information content (AvgIpc) is 3.75. The number of benzene rings is 1. The molecule has 49 heavy (non-hydrogen) atoms. The lowest BCUT2D eigenvalue weighted by atomic mass is 9.70. The smallest absolute Gasteiger partial charge is 0.313 e. The van der Waals surface area contributed by atoms with Gasteiger partial charge in [0.05, 0.1) is 50.3 Å². The first-order chi connectivity index (χ1) is 23.7. The highest BCUT2D eigenvalue weighted by atomic mass is 16.6. The van der Waals surface area contributed by atoms with Crippen LogP contribution in [0.15, 0.2) is 55.6 Å². The summed E-state index contributed by atoms with van der Waals surface area (Å²) in [6.45, 7) is 15.2. The molecule has 268 valence electrons. The Morgan fingerprint density at radius 1 is 1.16 bits per heavy atom. The van der Waals surface area contributed by atoms with Gasteiger partial charge in [0.2, 0.25) is 17.7 Å². The first-order valence-electron chi connectivity index (χ1n) is 17.6. The number of morpholine rings is 1. The molecule has 12 nitrogen and oxygen atoms in total. The maximum Gasteiger partial charge on any atom is 0.313 e. The van der Waals surface area contributed by atoms with Gasteiger partial charge in [-0.1, -0.05) is 56.3 Å². The van der Waals surface area contributed by atoms with Gasteiger partial charge < -0.3 is 34.4 Å². The van der Waals surface area contributed by atoms with E-state index in [0.29, 0.717) is 51.1 Å². The van der Waals surface area contributed by atoms with Gasteiger partial charge in [0.25, 0.3) is 0 Å². The summed E-state index contributed by atoms with van der Waals surface area (Å²) in [6.07, 6.45) is 3.62. The van der Waals surface area contributed by atoms with Gasteiger partial charge in [0.1, 0.15) is 17.7 Å². The second kappa shape index (κ2) is 16.4. The highest BCUT2D eigenvalue weighted by Crippen LogP contribution is 2.59. The molecule has 0 unspecified atom stereocenters. The molecule has 0 aliphatic carbocycles. The average molecular weight is 681 g/mol. The van der Waals surface area contributed by atoms with Crippen molar-refractivity contribution in [2.24, 2.45) is 17.8 Å². The molecule has 1 spiro atoms. The third-order valence-corrected chi connectivity index (χ3v) is 10.5. The molecule has 7 atom stereocenters. The van der Waals surface area contributed by atoms with E-state index in [1.165, 1.54) is 4.90 Å². The Bertz CT molecular complexity index is 1350. The quantitative estimate of drug-likeness (QED) is 0.187. The molecule has 1 aromatic carbocycles. The van der Waals surface area contributed by atoms with Gasteiger partial charge in [-0.2, -0.15) is 0 Å². The van der Waals surface area contributed by atoms with E-state index < -0.39 is 47.7 Å². The van der Waals surface area contributed by atoms with Gasteiger partial charge >= 0.3 is 5.97 Å². The zero-order chi connectivity index (χ0) is 35.1.